The summed E-state index contributed by atoms with van der Waals surface area (Å²) in [5, 5.41) is 0. The first kappa shape index (κ1) is 8.95. The lowest BCUT2D eigenvalue weighted by Gasteiger charge is -2.18. The molecule has 0 bridgehead atoms. The van der Waals surface area contributed by atoms with E-state index in [4.69, 9.17) is 0 Å². The second-order valence-electron chi connectivity index (χ2n) is 1.97. The predicted molar refractivity (Wildman–Crippen MR) is 29.4 cm³/mol. The maximum atomic E-state index is 12.8. The van der Waals surface area contributed by atoms with Gasteiger partial charge in [0.25, 0.3) is 0 Å². The molecule has 0 aliphatic carbocycles. The van der Waals surface area contributed by atoms with Crippen LogP contribution in [-0.2, 0) is 19.7 Å². The first-order valence-corrected chi connectivity index (χ1v) is 3.79. The van der Waals surface area contributed by atoms with E-state index in [9.17, 15) is 17.4 Å². The first-order valence-electron chi connectivity index (χ1n) is 2.79. The van der Waals surface area contributed by atoms with E-state index in [-0.39, 0.29) is 0 Å². The molecule has 0 spiro atoms. The van der Waals surface area contributed by atoms with Crippen LogP contribution >= 0.6 is 0 Å². The molecule has 0 aromatic rings. The van der Waals surface area contributed by atoms with Crippen molar-refractivity contribution in [2.24, 2.45) is 0 Å². The molecule has 2 atom stereocenters. The first-order chi connectivity index (χ1) is 4.91. The quantitative estimate of drug-likeness (QED) is 0.624. The van der Waals surface area contributed by atoms with Crippen LogP contribution in [0.2, 0.25) is 0 Å². The summed E-state index contributed by atoms with van der Waals surface area (Å²) < 4.78 is 54.8. The Morgan fingerprint density at radius 1 is 1.36 bits per heavy atom. The lowest BCUT2D eigenvalue weighted by molar-refractivity contribution is -0.288. The van der Waals surface area contributed by atoms with E-state index < -0.39 is 29.7 Å². The molecule has 1 heterocycles. The minimum atomic E-state index is -4.12. The van der Waals surface area contributed by atoms with Crippen LogP contribution in [0.5, 0.6) is 0 Å². The highest BCUT2D eigenvalue weighted by molar-refractivity contribution is 7.75. The van der Waals surface area contributed by atoms with E-state index in [1.807, 2.05) is 0 Å². The van der Waals surface area contributed by atoms with E-state index in [1.54, 1.807) is 0 Å². The van der Waals surface area contributed by atoms with Gasteiger partial charge in [-0.3, -0.25) is 0 Å². The SMILES string of the molecule is CCC1(F)OS(=O)OC1(F)F. The Hall–Kier alpha value is -0.140. The Balaban J connectivity index is 2.89. The summed E-state index contributed by atoms with van der Waals surface area (Å²) in [6.07, 6.45) is -4.74. The van der Waals surface area contributed by atoms with Crippen molar-refractivity contribution >= 4 is 11.4 Å². The minimum Gasteiger partial charge on any atom is -0.219 e. The van der Waals surface area contributed by atoms with E-state index in [0.29, 0.717) is 0 Å². The summed E-state index contributed by atoms with van der Waals surface area (Å²) in [6, 6.07) is 0. The van der Waals surface area contributed by atoms with E-state index in [2.05, 4.69) is 8.37 Å². The Morgan fingerprint density at radius 2 is 1.91 bits per heavy atom. The van der Waals surface area contributed by atoms with Crippen LogP contribution in [-0.4, -0.2) is 16.2 Å². The molecular formula is C4H5F3O3S. The molecule has 1 fully saturated rings. The second kappa shape index (κ2) is 2.43. The smallest absolute Gasteiger partial charge is 0.219 e. The van der Waals surface area contributed by atoms with E-state index >= 15 is 0 Å². The summed E-state index contributed by atoms with van der Waals surface area (Å²) in [7, 11) is 0. The standard InChI is InChI=1S/C4H5F3O3S/c1-2-3(5)4(6,7)10-11(8)9-3/h2H2,1H3. The molecule has 0 saturated carbocycles. The average Bonchev–Trinajstić information content (AvgIpc) is 2.03. The van der Waals surface area contributed by atoms with Crippen LogP contribution in [0.15, 0.2) is 0 Å². The molecular weight excluding hydrogens is 185 g/mol. The Morgan fingerprint density at radius 3 is 2.09 bits per heavy atom. The third-order valence-corrected chi connectivity index (χ3v) is 2.01. The zero-order valence-electron chi connectivity index (χ0n) is 5.47. The number of alkyl halides is 3. The van der Waals surface area contributed by atoms with Crippen molar-refractivity contribution in [3.8, 4) is 0 Å². The zero-order valence-corrected chi connectivity index (χ0v) is 6.29. The Kier molecular flexibility index (Phi) is 1.97. The number of hydrogen-bond donors (Lipinski definition) is 0. The van der Waals surface area contributed by atoms with Crippen LogP contribution < -0.4 is 0 Å². The van der Waals surface area contributed by atoms with Gasteiger partial charge in [0.15, 0.2) is 0 Å². The molecule has 1 aliphatic rings. The molecule has 1 saturated heterocycles. The summed E-state index contributed by atoms with van der Waals surface area (Å²) >= 11 is -2.69. The van der Waals surface area contributed by atoms with Crippen LogP contribution in [0, 0.1) is 0 Å². The van der Waals surface area contributed by atoms with Crippen molar-refractivity contribution < 1.29 is 25.7 Å². The molecule has 0 amide bonds. The van der Waals surface area contributed by atoms with Crippen LogP contribution in [0.1, 0.15) is 13.3 Å². The number of halogens is 3. The van der Waals surface area contributed by atoms with Gasteiger partial charge in [0, 0.05) is 6.42 Å². The number of rotatable bonds is 1. The fourth-order valence-electron chi connectivity index (χ4n) is 0.586. The molecule has 0 aromatic heterocycles. The molecule has 1 rings (SSSR count). The molecule has 7 heteroatoms. The summed E-state index contributed by atoms with van der Waals surface area (Å²) in [6.45, 7) is 1.14. The van der Waals surface area contributed by atoms with Crippen molar-refractivity contribution in [2.45, 2.75) is 25.3 Å². The number of hydrogen-bond acceptors (Lipinski definition) is 3. The lowest BCUT2D eigenvalue weighted by Crippen LogP contribution is -2.40. The monoisotopic (exact) mass is 190 g/mol. The van der Waals surface area contributed by atoms with Gasteiger partial charge in [-0.15, -0.1) is 0 Å². The van der Waals surface area contributed by atoms with Gasteiger partial charge in [-0.25, -0.2) is 8.57 Å². The highest BCUT2D eigenvalue weighted by Crippen LogP contribution is 2.44. The zero-order chi connectivity index (χ0) is 8.70. The van der Waals surface area contributed by atoms with Crippen molar-refractivity contribution in [2.75, 3.05) is 0 Å². The van der Waals surface area contributed by atoms with Gasteiger partial charge in [-0.1, -0.05) is 6.92 Å². The van der Waals surface area contributed by atoms with Crippen molar-refractivity contribution in [1.29, 1.82) is 0 Å². The molecule has 1 aliphatic heterocycles. The highest BCUT2D eigenvalue weighted by atomic mass is 32.2. The van der Waals surface area contributed by atoms with Crippen molar-refractivity contribution in [1.82, 2.24) is 0 Å². The minimum absolute atomic E-state index is 0.619. The third kappa shape index (κ3) is 1.27. The molecule has 2 unspecified atom stereocenters. The maximum Gasteiger partial charge on any atom is 0.429 e. The molecule has 0 radical (unpaired) electrons. The second-order valence-corrected chi connectivity index (χ2v) is 2.71. The van der Waals surface area contributed by atoms with Gasteiger partial charge >= 0.3 is 23.3 Å². The fraction of sp³-hybridized carbons (Fsp3) is 1.00. The molecule has 66 valence electrons. The van der Waals surface area contributed by atoms with Gasteiger partial charge in [0.2, 0.25) is 0 Å². The highest BCUT2D eigenvalue weighted by Gasteiger charge is 2.65. The summed E-state index contributed by atoms with van der Waals surface area (Å²) in [4.78, 5) is 0. The van der Waals surface area contributed by atoms with Crippen LogP contribution in [0.3, 0.4) is 0 Å². The van der Waals surface area contributed by atoms with Gasteiger partial charge in [0.05, 0.1) is 0 Å². The topological polar surface area (TPSA) is 35.5 Å². The van der Waals surface area contributed by atoms with Crippen molar-refractivity contribution in [3.63, 3.8) is 0 Å². The summed E-state index contributed by atoms with van der Waals surface area (Å²) in [5.41, 5.74) is 0. The predicted octanol–water partition coefficient (Wildman–Crippen LogP) is 1.28. The van der Waals surface area contributed by atoms with Gasteiger partial charge in [-0.05, 0) is 0 Å². The molecule has 11 heavy (non-hydrogen) atoms. The molecule has 0 N–H and O–H groups in total. The Labute approximate surface area is 63.3 Å². The summed E-state index contributed by atoms with van der Waals surface area (Å²) in [5.74, 6) is -3.25. The van der Waals surface area contributed by atoms with E-state index in [0.717, 1.165) is 6.92 Å². The van der Waals surface area contributed by atoms with Crippen LogP contribution in [0.25, 0.3) is 0 Å². The van der Waals surface area contributed by atoms with Crippen molar-refractivity contribution in [3.05, 3.63) is 0 Å². The fourth-order valence-corrected chi connectivity index (χ4v) is 1.35. The van der Waals surface area contributed by atoms with Gasteiger partial charge in [0.1, 0.15) is 0 Å². The lowest BCUT2D eigenvalue weighted by atomic mass is 10.2. The largest absolute Gasteiger partial charge is 0.429 e. The average molecular weight is 190 g/mol. The van der Waals surface area contributed by atoms with Gasteiger partial charge in [-0.2, -0.15) is 17.2 Å². The van der Waals surface area contributed by atoms with Crippen LogP contribution in [0.4, 0.5) is 13.2 Å². The molecule has 3 nitrogen and oxygen atoms in total. The van der Waals surface area contributed by atoms with E-state index in [1.165, 1.54) is 0 Å². The third-order valence-electron chi connectivity index (χ3n) is 1.26. The molecule has 0 aromatic carbocycles. The maximum absolute atomic E-state index is 12.8. The Bertz CT molecular complexity index is 197. The normalized spacial score (nSPS) is 42.7. The van der Waals surface area contributed by atoms with Gasteiger partial charge < -0.3 is 0 Å².